The number of alkyl halides is 6. The molecule has 12 rings (SSSR count). The van der Waals surface area contributed by atoms with Gasteiger partial charge in [0.05, 0.1) is 5.41 Å². The highest BCUT2D eigenvalue weighted by Crippen LogP contribution is 2.57. The van der Waals surface area contributed by atoms with Crippen molar-refractivity contribution in [3.8, 4) is 56.3 Å². The van der Waals surface area contributed by atoms with Crippen molar-refractivity contribution in [2.24, 2.45) is 0 Å². The molecule has 0 atom stereocenters. The Morgan fingerprint density at radius 1 is 0.325 bits per heavy atom. The zero-order valence-electron chi connectivity index (χ0n) is 42.4. The lowest BCUT2D eigenvalue weighted by atomic mass is 9.64. The molecule has 0 radical (unpaired) electrons. The summed E-state index contributed by atoms with van der Waals surface area (Å²) in [6.07, 6.45) is -11.7. The van der Waals surface area contributed by atoms with Gasteiger partial charge in [0.2, 0.25) is 23.1 Å². The third-order valence-electron chi connectivity index (χ3n) is 15.4. The lowest BCUT2D eigenvalue weighted by Crippen LogP contribution is -2.54. The summed E-state index contributed by atoms with van der Waals surface area (Å²) in [5, 5.41) is 0. The van der Waals surface area contributed by atoms with Gasteiger partial charge in [-0.1, -0.05) is 130 Å². The van der Waals surface area contributed by atoms with Crippen LogP contribution in [0.2, 0.25) is 0 Å². The highest BCUT2D eigenvalue weighted by atomic mass is 19.4. The van der Waals surface area contributed by atoms with Gasteiger partial charge in [-0.15, -0.1) is 0 Å². The quantitative estimate of drug-likeness (QED) is 0.125. The second kappa shape index (κ2) is 17.7. The molecule has 0 aliphatic rings. The standard InChI is InChI=1S/C63H46F6N4O4/c1-35-7-9-37(10-8-35)38-11-15-41(16-12-38)56-71-48-27-25-46(33-54(48)76-56)61(62(64,65)66,63(67,68)69)47-26-28-49-55(34-47)77-58(73-49)60(5,6)59(3,4)45-23-19-40(20-24-45)39-13-17-42(18-14-39)57-72-51-32-44(22-30-53(51)75-57)43-21-29-52-50(31-43)70-36(2)74-52/h7-34H,1-6H3. The van der Waals surface area contributed by atoms with Crippen molar-refractivity contribution >= 4 is 44.4 Å². The second-order valence-corrected chi connectivity index (χ2v) is 20.6. The van der Waals surface area contributed by atoms with E-state index >= 15 is 26.3 Å². The van der Waals surface area contributed by atoms with Gasteiger partial charge in [0.25, 0.3) is 0 Å². The molecular formula is C63H46F6N4O4. The third kappa shape index (κ3) is 8.25. The Bertz CT molecular complexity index is 4190. The molecular weight excluding hydrogens is 991 g/mol. The number of aryl methyl sites for hydroxylation is 2. The van der Waals surface area contributed by atoms with Crippen molar-refractivity contribution in [3.63, 3.8) is 0 Å². The summed E-state index contributed by atoms with van der Waals surface area (Å²) in [7, 11) is 0. The average Bonchev–Trinajstić information content (AvgIpc) is 4.23. The van der Waals surface area contributed by atoms with E-state index in [1.807, 2.05) is 163 Å². The summed E-state index contributed by atoms with van der Waals surface area (Å²) in [5.41, 5.74) is 3.33. The summed E-state index contributed by atoms with van der Waals surface area (Å²) in [5.74, 6) is 1.27. The first-order valence-electron chi connectivity index (χ1n) is 24.8. The van der Waals surface area contributed by atoms with Gasteiger partial charge in [-0.05, 0) is 130 Å². The number of hydrogen-bond donors (Lipinski definition) is 0. The number of nitrogens with zero attached hydrogens (tertiary/aromatic N) is 4. The summed E-state index contributed by atoms with van der Waals surface area (Å²) in [6, 6.07) is 48.1. The summed E-state index contributed by atoms with van der Waals surface area (Å²) >= 11 is 0. The van der Waals surface area contributed by atoms with E-state index in [0.717, 1.165) is 103 Å². The SMILES string of the molecule is Cc1ccc(-c2ccc(-c3nc4ccc(C(c5ccc6nc(C(C)(C)C(C)(C)c7ccc(-c8ccc(-c9nc%10cc(-c%11ccc%12oc(C)nc%12c%11)ccc%10o9)cc8)cc7)oc6c5)(C(F)(F)F)C(F)(F)F)cc4o3)cc2)cc1. The van der Waals surface area contributed by atoms with E-state index in [2.05, 4.69) is 15.0 Å². The van der Waals surface area contributed by atoms with Crippen molar-refractivity contribution in [1.29, 1.82) is 0 Å². The second-order valence-electron chi connectivity index (χ2n) is 20.6. The third-order valence-corrected chi connectivity index (χ3v) is 15.4. The molecule has 14 heteroatoms. The highest BCUT2D eigenvalue weighted by molar-refractivity contribution is 5.86. The van der Waals surface area contributed by atoms with Crippen molar-refractivity contribution in [1.82, 2.24) is 19.9 Å². The van der Waals surface area contributed by atoms with Crippen LogP contribution in [0.1, 0.15) is 61.7 Å². The lowest BCUT2D eigenvalue weighted by Gasteiger charge is -2.39. The number of benzene rings is 8. The van der Waals surface area contributed by atoms with Crippen LogP contribution >= 0.6 is 0 Å². The monoisotopic (exact) mass is 1040 g/mol. The molecule has 4 aromatic heterocycles. The van der Waals surface area contributed by atoms with Crippen LogP contribution < -0.4 is 0 Å². The van der Waals surface area contributed by atoms with E-state index in [0.29, 0.717) is 22.9 Å². The van der Waals surface area contributed by atoms with Gasteiger partial charge < -0.3 is 17.7 Å². The number of hydrogen-bond acceptors (Lipinski definition) is 8. The highest BCUT2D eigenvalue weighted by Gasteiger charge is 2.72. The van der Waals surface area contributed by atoms with E-state index in [4.69, 9.17) is 22.7 Å². The fourth-order valence-electron chi connectivity index (χ4n) is 10.2. The topological polar surface area (TPSA) is 104 Å². The predicted octanol–water partition coefficient (Wildman–Crippen LogP) is 17.9. The maximum absolute atomic E-state index is 15.6. The van der Waals surface area contributed by atoms with Gasteiger partial charge in [-0.2, -0.15) is 26.3 Å². The van der Waals surface area contributed by atoms with Crippen LogP contribution in [0.5, 0.6) is 0 Å². The van der Waals surface area contributed by atoms with Crippen LogP contribution in [0.3, 0.4) is 0 Å². The normalized spacial score (nSPS) is 12.9. The van der Waals surface area contributed by atoms with Gasteiger partial charge >= 0.3 is 12.4 Å². The molecule has 0 unspecified atom stereocenters. The average molecular weight is 1040 g/mol. The maximum Gasteiger partial charge on any atom is 0.411 e. The number of oxazole rings is 4. The molecule has 0 bridgehead atoms. The van der Waals surface area contributed by atoms with Crippen molar-refractivity contribution in [2.45, 2.75) is 70.1 Å². The minimum atomic E-state index is -5.87. The zero-order valence-corrected chi connectivity index (χ0v) is 42.4. The molecule has 0 aliphatic heterocycles. The number of fused-ring (bicyclic) bond motifs is 4. The van der Waals surface area contributed by atoms with Crippen LogP contribution in [0, 0.1) is 13.8 Å². The number of rotatable bonds is 10. The molecule has 8 aromatic carbocycles. The largest absolute Gasteiger partial charge is 0.441 e. The summed E-state index contributed by atoms with van der Waals surface area (Å²) in [6.45, 7) is 11.5. The first kappa shape index (κ1) is 49.1. The Kier molecular flexibility index (Phi) is 11.3. The summed E-state index contributed by atoms with van der Waals surface area (Å²) in [4.78, 5) is 18.3. The minimum Gasteiger partial charge on any atom is -0.441 e. The first-order valence-corrected chi connectivity index (χ1v) is 24.8. The molecule has 0 N–H and O–H groups in total. The molecule has 8 nitrogen and oxygen atoms in total. The predicted molar refractivity (Wildman–Crippen MR) is 285 cm³/mol. The Balaban J connectivity index is 0.795. The fraction of sp³-hybridized carbons (Fsp3) is 0.175. The fourth-order valence-corrected chi connectivity index (χ4v) is 10.2. The van der Waals surface area contributed by atoms with Gasteiger partial charge in [0.1, 0.15) is 22.1 Å². The van der Waals surface area contributed by atoms with E-state index in [-0.39, 0.29) is 34.0 Å². The maximum atomic E-state index is 15.6. The molecule has 0 fully saturated rings. The van der Waals surface area contributed by atoms with Gasteiger partial charge in [-0.3, -0.25) is 0 Å². The van der Waals surface area contributed by atoms with Crippen LogP contribution in [-0.2, 0) is 16.2 Å². The van der Waals surface area contributed by atoms with Crippen LogP contribution in [0.25, 0.3) is 101 Å². The molecule has 4 heterocycles. The molecule has 77 heavy (non-hydrogen) atoms. The Morgan fingerprint density at radius 2 is 0.714 bits per heavy atom. The smallest absolute Gasteiger partial charge is 0.411 e. The molecule has 0 amide bonds. The van der Waals surface area contributed by atoms with Gasteiger partial charge in [0.15, 0.2) is 28.2 Å². The van der Waals surface area contributed by atoms with Crippen molar-refractivity contribution in [2.75, 3.05) is 0 Å². The molecule has 0 saturated carbocycles. The number of halogens is 6. The molecule has 0 aliphatic carbocycles. The first-order chi connectivity index (χ1) is 36.7. The Morgan fingerprint density at radius 3 is 1.23 bits per heavy atom. The Hall–Kier alpha value is -8.78. The molecule has 12 aromatic rings. The van der Waals surface area contributed by atoms with Crippen molar-refractivity contribution in [3.05, 3.63) is 204 Å². The van der Waals surface area contributed by atoms with Crippen LogP contribution in [-0.4, -0.2) is 32.3 Å². The van der Waals surface area contributed by atoms with E-state index < -0.39 is 39.7 Å². The number of aromatic nitrogens is 4. The molecule has 0 spiro atoms. The lowest BCUT2D eigenvalue weighted by molar-refractivity contribution is -0.288. The van der Waals surface area contributed by atoms with E-state index in [9.17, 15) is 0 Å². The van der Waals surface area contributed by atoms with Crippen molar-refractivity contribution < 1.29 is 44.0 Å². The van der Waals surface area contributed by atoms with E-state index in [1.54, 1.807) is 12.1 Å². The van der Waals surface area contributed by atoms with E-state index in [1.165, 1.54) is 0 Å². The minimum absolute atomic E-state index is 0.0443. The van der Waals surface area contributed by atoms with Gasteiger partial charge in [0, 0.05) is 23.5 Å². The van der Waals surface area contributed by atoms with Crippen LogP contribution in [0.4, 0.5) is 26.3 Å². The Labute approximate surface area is 437 Å². The van der Waals surface area contributed by atoms with Crippen LogP contribution in [0.15, 0.2) is 188 Å². The summed E-state index contributed by atoms with van der Waals surface area (Å²) < 4.78 is 117. The van der Waals surface area contributed by atoms with Gasteiger partial charge in [-0.25, -0.2) is 19.9 Å². The molecule has 0 saturated heterocycles. The molecule has 384 valence electrons. The zero-order chi connectivity index (χ0) is 53.8.